The molecular weight excluding hydrogens is 252 g/mol. The maximum Gasteiger partial charge on any atom is 0.231 e. The van der Waals surface area contributed by atoms with Crippen LogP contribution in [0.3, 0.4) is 0 Å². The van der Waals surface area contributed by atoms with Gasteiger partial charge in [-0.25, -0.2) is 0 Å². The fourth-order valence-electron chi connectivity index (χ4n) is 1.64. The molecule has 1 aliphatic heterocycles. The number of carbonyl (C=O) groups is 1. The van der Waals surface area contributed by atoms with E-state index in [1.807, 2.05) is 6.92 Å². The average molecular weight is 268 g/mol. The van der Waals surface area contributed by atoms with Crippen LogP contribution in [0.25, 0.3) is 0 Å². The summed E-state index contributed by atoms with van der Waals surface area (Å²) in [7, 11) is 0. The zero-order valence-corrected chi connectivity index (χ0v) is 10.6. The summed E-state index contributed by atoms with van der Waals surface area (Å²) in [4.78, 5) is 11.0. The minimum absolute atomic E-state index is 0.0421. The van der Waals surface area contributed by atoms with Crippen molar-refractivity contribution in [3.05, 3.63) is 17.7 Å². The minimum Gasteiger partial charge on any atom is -0.490 e. The zero-order chi connectivity index (χ0) is 13.7. The Kier molecular flexibility index (Phi) is 4.59. The second kappa shape index (κ2) is 6.40. The van der Waals surface area contributed by atoms with Gasteiger partial charge in [-0.1, -0.05) is 0 Å². The number of aliphatic hydroxyl groups is 1. The van der Waals surface area contributed by atoms with Crippen LogP contribution in [0.5, 0.6) is 17.2 Å². The highest BCUT2D eigenvalue weighted by Crippen LogP contribution is 2.37. The van der Waals surface area contributed by atoms with Gasteiger partial charge in [0.25, 0.3) is 0 Å². The van der Waals surface area contributed by atoms with Crippen molar-refractivity contribution in [2.75, 3.05) is 26.6 Å². The Morgan fingerprint density at radius 3 is 2.79 bits per heavy atom. The number of aldehydes is 1. The first kappa shape index (κ1) is 13.6. The summed E-state index contributed by atoms with van der Waals surface area (Å²) in [5.41, 5.74) is 0.354. The quantitative estimate of drug-likeness (QED) is 0.744. The summed E-state index contributed by atoms with van der Waals surface area (Å²) in [6.07, 6.45) is -0.0727. The van der Waals surface area contributed by atoms with Crippen molar-refractivity contribution in [1.82, 2.24) is 0 Å². The van der Waals surface area contributed by atoms with Gasteiger partial charge in [0.05, 0.1) is 12.2 Å². The van der Waals surface area contributed by atoms with Crippen LogP contribution < -0.4 is 14.2 Å². The van der Waals surface area contributed by atoms with Gasteiger partial charge in [-0.05, 0) is 13.0 Å². The van der Waals surface area contributed by atoms with Crippen LogP contribution in [-0.2, 0) is 4.74 Å². The Balaban J connectivity index is 2.01. The number of fused-ring (bicyclic) bond motifs is 1. The molecule has 6 nitrogen and oxygen atoms in total. The standard InChI is InChI=1S/C13H16O6/c1-2-16-6-10(15)7-17-11-4-13-12(18-8-19-13)3-9(11)5-14/h3-5,10,15H,2,6-8H2,1H3. The van der Waals surface area contributed by atoms with Gasteiger partial charge in [-0.2, -0.15) is 0 Å². The molecule has 0 spiro atoms. The van der Waals surface area contributed by atoms with Gasteiger partial charge >= 0.3 is 0 Å². The first-order valence-corrected chi connectivity index (χ1v) is 6.02. The lowest BCUT2D eigenvalue weighted by molar-refractivity contribution is 0.0163. The maximum absolute atomic E-state index is 11.0. The van der Waals surface area contributed by atoms with Crippen molar-refractivity contribution in [3.8, 4) is 17.2 Å². The maximum atomic E-state index is 11.0. The van der Waals surface area contributed by atoms with E-state index in [0.29, 0.717) is 35.7 Å². The molecule has 1 aliphatic rings. The Morgan fingerprint density at radius 1 is 1.37 bits per heavy atom. The molecule has 1 aromatic rings. The summed E-state index contributed by atoms with van der Waals surface area (Å²) in [5.74, 6) is 1.40. The van der Waals surface area contributed by atoms with Gasteiger partial charge in [-0.3, -0.25) is 4.79 Å². The predicted molar refractivity (Wildman–Crippen MR) is 65.9 cm³/mol. The molecule has 0 aliphatic carbocycles. The Labute approximate surface area is 110 Å². The van der Waals surface area contributed by atoms with Gasteiger partial charge in [0.1, 0.15) is 18.5 Å². The molecule has 0 radical (unpaired) electrons. The molecule has 1 heterocycles. The van der Waals surface area contributed by atoms with Crippen molar-refractivity contribution in [2.24, 2.45) is 0 Å². The predicted octanol–water partition coefficient (Wildman–Crippen LogP) is 1.00. The first-order chi connectivity index (χ1) is 9.24. The lowest BCUT2D eigenvalue weighted by Gasteiger charge is -2.13. The molecule has 0 bridgehead atoms. The molecule has 19 heavy (non-hydrogen) atoms. The van der Waals surface area contributed by atoms with Crippen LogP contribution in [-0.4, -0.2) is 44.1 Å². The normalized spacial score (nSPS) is 14.2. The number of aliphatic hydroxyl groups excluding tert-OH is 1. The van der Waals surface area contributed by atoms with Crippen molar-refractivity contribution in [1.29, 1.82) is 0 Å². The highest BCUT2D eigenvalue weighted by molar-refractivity contribution is 5.81. The topological polar surface area (TPSA) is 74.2 Å². The van der Waals surface area contributed by atoms with Crippen molar-refractivity contribution in [2.45, 2.75) is 13.0 Å². The SMILES string of the molecule is CCOCC(O)COc1cc2c(cc1C=O)OCO2. The molecule has 104 valence electrons. The van der Waals surface area contributed by atoms with Crippen LogP contribution in [0.15, 0.2) is 12.1 Å². The third-order valence-electron chi connectivity index (χ3n) is 2.58. The molecule has 1 unspecified atom stereocenters. The smallest absolute Gasteiger partial charge is 0.231 e. The number of rotatable bonds is 7. The molecule has 0 saturated heterocycles. The van der Waals surface area contributed by atoms with Crippen LogP contribution in [0.1, 0.15) is 17.3 Å². The fourth-order valence-corrected chi connectivity index (χ4v) is 1.64. The monoisotopic (exact) mass is 268 g/mol. The molecule has 0 amide bonds. The summed E-state index contributed by atoms with van der Waals surface area (Å²) in [6.45, 7) is 2.73. The molecule has 2 rings (SSSR count). The third-order valence-corrected chi connectivity index (χ3v) is 2.58. The number of hydrogen-bond acceptors (Lipinski definition) is 6. The molecular formula is C13H16O6. The number of hydrogen-bond donors (Lipinski definition) is 1. The van der Waals surface area contributed by atoms with E-state index in [1.54, 1.807) is 12.1 Å². The molecule has 0 fully saturated rings. The van der Waals surface area contributed by atoms with E-state index in [9.17, 15) is 9.90 Å². The van der Waals surface area contributed by atoms with E-state index in [2.05, 4.69) is 0 Å². The third kappa shape index (κ3) is 3.36. The zero-order valence-electron chi connectivity index (χ0n) is 10.6. The molecule has 6 heteroatoms. The lowest BCUT2D eigenvalue weighted by Crippen LogP contribution is -2.23. The van der Waals surface area contributed by atoms with Crippen LogP contribution in [0.4, 0.5) is 0 Å². The molecule has 1 N–H and O–H groups in total. The number of carbonyl (C=O) groups excluding carboxylic acids is 1. The Bertz CT molecular complexity index is 445. The van der Waals surface area contributed by atoms with Crippen LogP contribution in [0.2, 0.25) is 0 Å². The van der Waals surface area contributed by atoms with E-state index >= 15 is 0 Å². The summed E-state index contributed by atoms with van der Waals surface area (Å²) < 4.78 is 20.9. The Morgan fingerprint density at radius 2 is 2.11 bits per heavy atom. The van der Waals surface area contributed by atoms with E-state index in [4.69, 9.17) is 18.9 Å². The van der Waals surface area contributed by atoms with Crippen molar-refractivity contribution >= 4 is 6.29 Å². The van der Waals surface area contributed by atoms with Gasteiger partial charge in [-0.15, -0.1) is 0 Å². The molecule has 0 aromatic heterocycles. The van der Waals surface area contributed by atoms with Crippen molar-refractivity contribution < 1.29 is 28.8 Å². The van der Waals surface area contributed by atoms with Crippen LogP contribution in [0, 0.1) is 0 Å². The molecule has 0 saturated carbocycles. The number of ether oxygens (including phenoxy) is 4. The second-order valence-electron chi connectivity index (χ2n) is 3.99. The lowest BCUT2D eigenvalue weighted by atomic mass is 10.2. The molecule has 1 atom stereocenters. The minimum atomic E-state index is -0.745. The second-order valence-corrected chi connectivity index (χ2v) is 3.99. The highest BCUT2D eigenvalue weighted by Gasteiger charge is 2.18. The van der Waals surface area contributed by atoms with E-state index in [-0.39, 0.29) is 20.0 Å². The summed E-state index contributed by atoms with van der Waals surface area (Å²) in [5, 5.41) is 9.60. The Hall–Kier alpha value is -1.79. The van der Waals surface area contributed by atoms with Gasteiger partial charge < -0.3 is 24.1 Å². The average Bonchev–Trinajstić information content (AvgIpc) is 2.88. The van der Waals surface area contributed by atoms with Gasteiger partial charge in [0.15, 0.2) is 17.8 Å². The van der Waals surface area contributed by atoms with Crippen molar-refractivity contribution in [3.63, 3.8) is 0 Å². The summed E-state index contributed by atoms with van der Waals surface area (Å²) in [6, 6.07) is 3.14. The molecule has 1 aromatic carbocycles. The highest BCUT2D eigenvalue weighted by atomic mass is 16.7. The van der Waals surface area contributed by atoms with Gasteiger partial charge in [0.2, 0.25) is 6.79 Å². The first-order valence-electron chi connectivity index (χ1n) is 6.02. The van der Waals surface area contributed by atoms with Crippen LogP contribution >= 0.6 is 0 Å². The van der Waals surface area contributed by atoms with E-state index in [1.165, 1.54) is 0 Å². The summed E-state index contributed by atoms with van der Waals surface area (Å²) >= 11 is 0. The fraction of sp³-hybridized carbons (Fsp3) is 0.462. The largest absolute Gasteiger partial charge is 0.490 e. The van der Waals surface area contributed by atoms with Gasteiger partial charge in [0, 0.05) is 12.7 Å². The number of benzene rings is 1. The van der Waals surface area contributed by atoms with E-state index in [0.717, 1.165) is 0 Å². The van der Waals surface area contributed by atoms with E-state index < -0.39 is 6.10 Å².